The van der Waals surface area contributed by atoms with Crippen molar-refractivity contribution in [2.24, 2.45) is 0 Å². The number of amides is 1. The number of methoxy groups -OCH3 is 1. The van der Waals surface area contributed by atoms with E-state index in [0.29, 0.717) is 13.1 Å². The lowest BCUT2D eigenvalue weighted by Crippen LogP contribution is -2.49. The lowest BCUT2D eigenvalue weighted by Gasteiger charge is -2.39. The Kier molecular flexibility index (Phi) is 4.43. The highest BCUT2D eigenvalue weighted by atomic mass is 35.5. The van der Waals surface area contributed by atoms with Crippen LogP contribution in [0, 0.1) is 10.1 Å². The molecular weight excluding hydrogens is 298 g/mol. The second-order valence-corrected chi connectivity index (χ2v) is 5.65. The number of piperidine rings is 1. The molecule has 0 aliphatic carbocycles. The van der Waals surface area contributed by atoms with Gasteiger partial charge in [-0.05, 0) is 25.8 Å². The van der Waals surface area contributed by atoms with Gasteiger partial charge in [0, 0.05) is 20.2 Å². The van der Waals surface area contributed by atoms with Gasteiger partial charge in [0.15, 0.2) is 0 Å². The maximum absolute atomic E-state index is 12.6. The predicted molar refractivity (Wildman–Crippen MR) is 76.5 cm³/mol. The average molecular weight is 314 g/mol. The van der Waals surface area contributed by atoms with Crippen LogP contribution in [0.3, 0.4) is 0 Å². The molecule has 0 radical (unpaired) electrons. The molecule has 0 N–H and O–H groups in total. The van der Waals surface area contributed by atoms with E-state index in [0.717, 1.165) is 19.0 Å². The Hall–Kier alpha value is -1.73. The molecule has 1 amide bonds. The zero-order valence-corrected chi connectivity index (χ0v) is 12.6. The molecule has 0 saturated carbocycles. The van der Waals surface area contributed by atoms with Crippen molar-refractivity contribution in [1.82, 2.24) is 9.88 Å². The molecule has 1 aliphatic heterocycles. The molecule has 2 rings (SSSR count). The number of ether oxygens (including phenoxy) is 1. The van der Waals surface area contributed by atoms with E-state index in [1.165, 1.54) is 6.07 Å². The highest BCUT2D eigenvalue weighted by Crippen LogP contribution is 2.28. The zero-order valence-electron chi connectivity index (χ0n) is 11.8. The summed E-state index contributed by atoms with van der Waals surface area (Å²) in [5, 5.41) is 11.1. The van der Waals surface area contributed by atoms with Gasteiger partial charge in [-0.1, -0.05) is 11.6 Å². The highest BCUT2D eigenvalue weighted by molar-refractivity contribution is 6.29. The van der Waals surface area contributed by atoms with Crippen molar-refractivity contribution in [3.8, 4) is 0 Å². The van der Waals surface area contributed by atoms with Gasteiger partial charge in [-0.2, -0.15) is 0 Å². The van der Waals surface area contributed by atoms with E-state index < -0.39 is 16.4 Å². The van der Waals surface area contributed by atoms with E-state index in [2.05, 4.69) is 4.98 Å². The average Bonchev–Trinajstić information content (AvgIpc) is 2.46. The van der Waals surface area contributed by atoms with E-state index in [1.807, 2.05) is 6.92 Å². The third-order valence-electron chi connectivity index (χ3n) is 3.72. The van der Waals surface area contributed by atoms with Crippen LogP contribution in [0.25, 0.3) is 0 Å². The van der Waals surface area contributed by atoms with Crippen molar-refractivity contribution in [3.63, 3.8) is 0 Å². The van der Waals surface area contributed by atoms with Crippen LogP contribution < -0.4 is 0 Å². The number of hydrogen-bond acceptors (Lipinski definition) is 5. The minimum absolute atomic E-state index is 0.0413. The fraction of sp³-hybridized carbons (Fsp3) is 0.538. The first kappa shape index (κ1) is 15.7. The van der Waals surface area contributed by atoms with Gasteiger partial charge >= 0.3 is 0 Å². The fourth-order valence-corrected chi connectivity index (χ4v) is 2.61. The minimum atomic E-state index is -0.629. The Balaban J connectivity index is 2.32. The number of rotatable bonds is 3. The summed E-state index contributed by atoms with van der Waals surface area (Å²) >= 11 is 5.76. The summed E-state index contributed by atoms with van der Waals surface area (Å²) in [5.74, 6) is -0.422. The van der Waals surface area contributed by atoms with Gasteiger partial charge in [0.2, 0.25) is 0 Å². The summed E-state index contributed by atoms with van der Waals surface area (Å²) in [6, 6.07) is 1.24. The summed E-state index contributed by atoms with van der Waals surface area (Å²) < 4.78 is 5.43. The number of nitro groups is 1. The van der Waals surface area contributed by atoms with Gasteiger partial charge in [-0.25, -0.2) is 4.98 Å². The number of carbonyl (C=O) groups excluding carboxylic acids is 1. The number of pyridine rings is 1. The van der Waals surface area contributed by atoms with Crippen LogP contribution in [-0.2, 0) is 4.74 Å². The quantitative estimate of drug-likeness (QED) is 0.485. The Morgan fingerprint density at radius 1 is 1.62 bits per heavy atom. The minimum Gasteiger partial charge on any atom is -0.377 e. The van der Waals surface area contributed by atoms with Crippen molar-refractivity contribution in [2.75, 3.05) is 20.2 Å². The maximum atomic E-state index is 12.6. The van der Waals surface area contributed by atoms with Gasteiger partial charge < -0.3 is 9.64 Å². The molecule has 1 aromatic heterocycles. The van der Waals surface area contributed by atoms with E-state index in [-0.39, 0.29) is 16.4 Å². The van der Waals surface area contributed by atoms with Crippen molar-refractivity contribution < 1.29 is 14.5 Å². The molecule has 2 heterocycles. The SMILES string of the molecule is COC1(C)CCCN(C(=O)c2cc(Cl)ncc2[N+](=O)[O-])C1. The lowest BCUT2D eigenvalue weighted by molar-refractivity contribution is -0.385. The van der Waals surface area contributed by atoms with Crippen LogP contribution in [0.5, 0.6) is 0 Å². The molecule has 1 aromatic rings. The van der Waals surface area contributed by atoms with Crippen molar-refractivity contribution in [3.05, 3.63) is 33.1 Å². The summed E-state index contributed by atoms with van der Waals surface area (Å²) in [4.78, 5) is 28.2. The smallest absolute Gasteiger partial charge is 0.300 e. The van der Waals surface area contributed by atoms with Gasteiger partial charge in [0.05, 0.1) is 10.5 Å². The van der Waals surface area contributed by atoms with E-state index in [1.54, 1.807) is 12.0 Å². The third kappa shape index (κ3) is 3.30. The number of nitrogens with zero attached hydrogens (tertiary/aromatic N) is 3. The molecule has 1 fully saturated rings. The lowest BCUT2D eigenvalue weighted by atomic mass is 9.94. The molecule has 21 heavy (non-hydrogen) atoms. The molecule has 0 bridgehead atoms. The third-order valence-corrected chi connectivity index (χ3v) is 3.92. The summed E-state index contributed by atoms with van der Waals surface area (Å²) in [6.07, 6.45) is 2.63. The number of hydrogen-bond donors (Lipinski definition) is 0. The Morgan fingerprint density at radius 2 is 2.33 bits per heavy atom. The van der Waals surface area contributed by atoms with Crippen molar-refractivity contribution >= 4 is 23.2 Å². The van der Waals surface area contributed by atoms with E-state index in [4.69, 9.17) is 16.3 Å². The van der Waals surface area contributed by atoms with E-state index >= 15 is 0 Å². The fourth-order valence-electron chi connectivity index (χ4n) is 2.46. The first-order valence-electron chi connectivity index (χ1n) is 6.51. The van der Waals surface area contributed by atoms with Gasteiger partial charge in [-0.3, -0.25) is 14.9 Å². The molecular formula is C13H16ClN3O4. The molecule has 1 aliphatic rings. The van der Waals surface area contributed by atoms with Gasteiger partial charge in [0.1, 0.15) is 16.9 Å². The Labute approximate surface area is 127 Å². The normalized spacial score (nSPS) is 22.1. The summed E-state index contributed by atoms with van der Waals surface area (Å²) in [7, 11) is 1.60. The second-order valence-electron chi connectivity index (χ2n) is 5.27. The van der Waals surface area contributed by atoms with Gasteiger partial charge in [0.25, 0.3) is 11.6 Å². The Morgan fingerprint density at radius 3 is 2.95 bits per heavy atom. The molecule has 0 spiro atoms. The number of aromatic nitrogens is 1. The maximum Gasteiger partial charge on any atom is 0.300 e. The largest absolute Gasteiger partial charge is 0.377 e. The van der Waals surface area contributed by atoms with Crippen LogP contribution in [-0.4, -0.2) is 46.5 Å². The molecule has 1 unspecified atom stereocenters. The van der Waals surface area contributed by atoms with Crippen LogP contribution >= 0.6 is 11.6 Å². The highest BCUT2D eigenvalue weighted by Gasteiger charge is 2.35. The molecule has 8 heteroatoms. The standard InChI is InChI=1S/C13H16ClN3O4/c1-13(21-2)4-3-5-16(8-13)12(18)9-6-11(14)15-7-10(9)17(19)20/h6-7H,3-5,8H2,1-2H3. The first-order chi connectivity index (χ1) is 9.86. The van der Waals surface area contributed by atoms with Gasteiger partial charge in [-0.15, -0.1) is 0 Å². The Bertz CT molecular complexity index is 581. The number of likely N-dealkylation sites (tertiary alicyclic amines) is 1. The number of carbonyl (C=O) groups is 1. The van der Waals surface area contributed by atoms with E-state index in [9.17, 15) is 14.9 Å². The van der Waals surface area contributed by atoms with Crippen LogP contribution in [0.1, 0.15) is 30.1 Å². The first-order valence-corrected chi connectivity index (χ1v) is 6.88. The molecule has 1 atom stereocenters. The topological polar surface area (TPSA) is 85.6 Å². The molecule has 1 saturated heterocycles. The summed E-state index contributed by atoms with van der Waals surface area (Å²) in [6.45, 7) is 2.84. The van der Waals surface area contributed by atoms with Crippen LogP contribution in [0.4, 0.5) is 5.69 Å². The molecule has 114 valence electrons. The number of halogens is 1. The van der Waals surface area contributed by atoms with Crippen molar-refractivity contribution in [1.29, 1.82) is 0 Å². The summed E-state index contributed by atoms with van der Waals surface area (Å²) in [5.41, 5.74) is -0.811. The molecule has 7 nitrogen and oxygen atoms in total. The second kappa shape index (κ2) is 5.95. The molecule has 0 aromatic carbocycles. The predicted octanol–water partition coefficient (Wildman–Crippen LogP) is 2.28. The zero-order chi connectivity index (χ0) is 15.6. The monoisotopic (exact) mass is 313 g/mol. The van der Waals surface area contributed by atoms with Crippen LogP contribution in [0.2, 0.25) is 5.15 Å². The van der Waals surface area contributed by atoms with Crippen molar-refractivity contribution in [2.45, 2.75) is 25.4 Å². The van der Waals surface area contributed by atoms with Crippen LogP contribution in [0.15, 0.2) is 12.3 Å².